The Morgan fingerprint density at radius 3 is 0.822 bits per heavy atom. The Balaban J connectivity index is 0.000000842. The van der Waals surface area contributed by atoms with E-state index in [1.54, 1.807) is 38.1 Å². The number of benzene rings is 2. The minimum Gasteiger partial charge on any atom is -0.747 e. The molecule has 0 aliphatic carbocycles. The molecule has 0 amide bonds. The molecule has 11 heteroatoms. The van der Waals surface area contributed by atoms with Crippen molar-refractivity contribution in [1.29, 1.82) is 0 Å². The van der Waals surface area contributed by atoms with E-state index in [1.165, 1.54) is 0 Å². The molecule has 252 valence electrons. The molecule has 0 spiro atoms. The van der Waals surface area contributed by atoms with E-state index < -0.39 is 30.7 Å². The zero-order valence-corrected chi connectivity index (χ0v) is 33.6. The predicted octanol–water partition coefficient (Wildman–Crippen LogP) is 7.59. The summed E-state index contributed by atoms with van der Waals surface area (Å²) in [5, 5.41) is 19.1. The van der Waals surface area contributed by atoms with Crippen molar-refractivity contribution in [3.63, 3.8) is 0 Å². The third-order valence-electron chi connectivity index (χ3n) is 7.68. The minimum absolute atomic E-state index is 0. The zero-order chi connectivity index (χ0) is 35.0. The van der Waals surface area contributed by atoms with Crippen LogP contribution in [0.1, 0.15) is 154 Å². The van der Waals surface area contributed by atoms with Gasteiger partial charge in [0.25, 0.3) is 0 Å². The van der Waals surface area contributed by atoms with Crippen molar-refractivity contribution >= 4 is 58.0 Å². The largest absolute Gasteiger partial charge is 2.00 e. The van der Waals surface area contributed by atoms with E-state index in [2.05, 4.69) is 0 Å². The van der Waals surface area contributed by atoms with Crippen molar-refractivity contribution in [3.05, 3.63) is 57.6 Å². The van der Waals surface area contributed by atoms with E-state index in [-0.39, 0.29) is 83.7 Å². The van der Waals surface area contributed by atoms with E-state index in [9.17, 15) is 36.2 Å². The van der Waals surface area contributed by atoms with Crippen LogP contribution in [0.3, 0.4) is 0 Å². The molecule has 0 aromatic heterocycles. The van der Waals surface area contributed by atoms with Gasteiger partial charge in [0, 0.05) is 0 Å². The smallest absolute Gasteiger partial charge is 0.747 e. The Morgan fingerprint density at radius 2 is 0.711 bits per heavy atom. The fourth-order valence-corrected chi connectivity index (χ4v) is 6.94. The Labute approximate surface area is 302 Å². The molecule has 2 aromatic carbocycles. The fraction of sp³-hybridized carbons (Fsp3) is 0.647. The van der Waals surface area contributed by atoms with Crippen molar-refractivity contribution < 1.29 is 36.2 Å². The van der Waals surface area contributed by atoms with E-state index in [1.807, 2.05) is 83.1 Å². The topological polar surface area (TPSA) is 155 Å². The summed E-state index contributed by atoms with van der Waals surface area (Å²) in [5.41, 5.74) is 2.16. The number of rotatable bonds is 6. The first-order valence-corrected chi connectivity index (χ1v) is 18.0. The maximum Gasteiger partial charge on any atom is 2.00 e. The van der Waals surface area contributed by atoms with Gasteiger partial charge < -0.3 is 19.3 Å². The summed E-state index contributed by atoms with van der Waals surface area (Å²) in [7, 11) is -8.87. The van der Waals surface area contributed by atoms with Gasteiger partial charge in [-0.1, -0.05) is 121 Å². The summed E-state index contributed by atoms with van der Waals surface area (Å²) >= 11 is 0. The summed E-state index contributed by atoms with van der Waals surface area (Å²) in [5.74, 6) is 0.365. The summed E-state index contributed by atoms with van der Waals surface area (Å²) in [6, 6.07) is 6.64. The molecule has 0 bridgehead atoms. The standard InChI is InChI=1S/2C17H28O4S.Ca/c2*1-8-14(22(19,20)21)11-9-12(16(2,3)4)15(18)13(10-11)17(5,6)7;/h2*9-10,14,18H,8H2,1-7H3,(H,19,20,21);/q;;+2/p-2. The number of aromatic hydroxyl groups is 2. The van der Waals surface area contributed by atoms with Crippen molar-refractivity contribution in [1.82, 2.24) is 0 Å². The second-order valence-corrected chi connectivity index (χ2v) is 18.8. The maximum atomic E-state index is 11.6. The van der Waals surface area contributed by atoms with Gasteiger partial charge in [0.1, 0.15) is 31.7 Å². The van der Waals surface area contributed by atoms with Gasteiger partial charge in [-0.05, 0) is 67.9 Å². The van der Waals surface area contributed by atoms with Crippen LogP contribution in [0.25, 0.3) is 0 Å². The SMILES string of the molecule is CCC(c1cc(C(C)(C)C)c(O)c(C(C)(C)C)c1)S(=O)(=O)[O-].CCC(c1cc(C(C)(C)C)c(O)c(C(C)(C)C)c1)S(=O)(=O)[O-].[Ca+2]. The third kappa shape index (κ3) is 11.6. The van der Waals surface area contributed by atoms with E-state index in [4.69, 9.17) is 0 Å². The Bertz CT molecular complexity index is 1350. The summed E-state index contributed by atoms with van der Waals surface area (Å²) in [6.07, 6.45) is 0.424. The first-order valence-electron chi connectivity index (χ1n) is 15.0. The summed E-state index contributed by atoms with van der Waals surface area (Å²) < 4.78 is 69.3. The average Bonchev–Trinajstić information content (AvgIpc) is 2.77. The van der Waals surface area contributed by atoms with Gasteiger partial charge in [-0.25, -0.2) is 16.8 Å². The second-order valence-electron chi connectivity index (χ2n) is 15.7. The van der Waals surface area contributed by atoms with Crippen molar-refractivity contribution in [2.45, 2.75) is 142 Å². The number of hydrogen-bond acceptors (Lipinski definition) is 8. The van der Waals surface area contributed by atoms with E-state index >= 15 is 0 Å². The zero-order valence-electron chi connectivity index (χ0n) is 29.7. The molecule has 0 saturated carbocycles. The Hall–Kier alpha value is -0.880. The van der Waals surface area contributed by atoms with E-state index in [0.717, 1.165) is 0 Å². The number of phenolic OH excluding ortho intramolecular Hbond substituents is 2. The monoisotopic (exact) mass is 694 g/mol. The van der Waals surface area contributed by atoms with Gasteiger partial charge in [-0.3, -0.25) is 0 Å². The van der Waals surface area contributed by atoms with Gasteiger partial charge >= 0.3 is 37.7 Å². The molecule has 2 atom stereocenters. The molecule has 45 heavy (non-hydrogen) atoms. The van der Waals surface area contributed by atoms with Crippen LogP contribution in [0, 0.1) is 0 Å². The molecule has 2 aromatic rings. The molecular weight excluding hydrogens is 641 g/mol. The summed E-state index contributed by atoms with van der Waals surface area (Å²) in [6.45, 7) is 26.8. The second kappa shape index (κ2) is 15.1. The molecule has 0 fully saturated rings. The van der Waals surface area contributed by atoms with Gasteiger partial charge in [-0.2, -0.15) is 0 Å². The molecule has 0 aliphatic rings. The molecule has 0 heterocycles. The average molecular weight is 695 g/mol. The van der Waals surface area contributed by atoms with Crippen LogP contribution in [0.4, 0.5) is 0 Å². The Morgan fingerprint density at radius 1 is 0.533 bits per heavy atom. The number of hydrogen-bond donors (Lipinski definition) is 2. The first-order chi connectivity index (χ1) is 19.4. The Kier molecular flexibility index (Phi) is 14.8. The van der Waals surface area contributed by atoms with Crippen LogP contribution in [-0.2, 0) is 41.9 Å². The molecule has 0 aliphatic heterocycles. The quantitative estimate of drug-likeness (QED) is 0.232. The van der Waals surface area contributed by atoms with Crippen molar-refractivity contribution in [3.8, 4) is 11.5 Å². The van der Waals surface area contributed by atoms with Gasteiger partial charge in [0.2, 0.25) is 0 Å². The number of phenols is 2. The normalized spacial score (nSPS) is 14.6. The maximum absolute atomic E-state index is 11.6. The third-order valence-corrected chi connectivity index (χ3v) is 10.3. The molecular formula is C34H54CaO8S2. The van der Waals surface area contributed by atoms with Crippen LogP contribution in [-0.4, -0.2) is 73.9 Å². The van der Waals surface area contributed by atoms with Crippen LogP contribution in [0.15, 0.2) is 24.3 Å². The van der Waals surface area contributed by atoms with Gasteiger partial charge in [0.05, 0.1) is 10.5 Å². The summed E-state index contributed by atoms with van der Waals surface area (Å²) in [4.78, 5) is 0. The van der Waals surface area contributed by atoms with Crippen molar-refractivity contribution in [2.75, 3.05) is 0 Å². The molecule has 8 nitrogen and oxygen atoms in total. The van der Waals surface area contributed by atoms with Crippen LogP contribution in [0.5, 0.6) is 11.5 Å². The van der Waals surface area contributed by atoms with Gasteiger partial charge in [0.15, 0.2) is 0 Å². The van der Waals surface area contributed by atoms with E-state index in [0.29, 0.717) is 33.4 Å². The molecule has 0 radical (unpaired) electrons. The fourth-order valence-electron chi connectivity index (χ4n) is 5.19. The van der Waals surface area contributed by atoms with Crippen LogP contribution >= 0.6 is 0 Å². The molecule has 0 saturated heterocycles. The van der Waals surface area contributed by atoms with Gasteiger partial charge in [-0.15, -0.1) is 0 Å². The molecule has 2 rings (SSSR count). The van der Waals surface area contributed by atoms with Crippen LogP contribution < -0.4 is 0 Å². The van der Waals surface area contributed by atoms with Crippen LogP contribution in [0.2, 0.25) is 0 Å². The predicted molar refractivity (Wildman–Crippen MR) is 182 cm³/mol. The molecule has 2 N–H and O–H groups in total. The van der Waals surface area contributed by atoms with Crippen molar-refractivity contribution in [2.24, 2.45) is 0 Å². The first kappa shape index (κ1) is 44.1. The molecule has 2 unspecified atom stereocenters. The minimum atomic E-state index is -4.44.